The number of para-hydroxylation sites is 1. The molecule has 1 amide bonds. The number of rotatable bonds is 6. The van der Waals surface area contributed by atoms with Crippen molar-refractivity contribution in [1.29, 1.82) is 0 Å². The van der Waals surface area contributed by atoms with Crippen LogP contribution in [0.4, 0.5) is 0 Å². The van der Waals surface area contributed by atoms with Crippen LogP contribution in [0.1, 0.15) is 42.5 Å². The van der Waals surface area contributed by atoms with Crippen molar-refractivity contribution in [2.45, 2.75) is 44.8 Å². The van der Waals surface area contributed by atoms with Crippen LogP contribution < -0.4 is 15.0 Å². The molecule has 2 aromatic carbocycles. The highest BCUT2D eigenvalue weighted by Crippen LogP contribution is 2.29. The average molecular weight is 353 g/mol. The first-order valence-corrected chi connectivity index (χ1v) is 9.42. The predicted molar refractivity (Wildman–Crippen MR) is 103 cm³/mol. The summed E-state index contributed by atoms with van der Waals surface area (Å²) in [6.07, 6.45) is 3.25. The molecule has 1 aliphatic rings. The third-order valence-corrected chi connectivity index (χ3v) is 5.48. The lowest BCUT2D eigenvalue weighted by Crippen LogP contribution is -3.12. The Labute approximate surface area is 156 Å². The number of hydrogen-bond donors (Lipinski definition) is 2. The topological polar surface area (TPSA) is 42.8 Å². The number of likely N-dealkylation sites (N-methyl/N-ethyl adjacent to an activating group) is 1. The molecule has 0 aromatic heterocycles. The van der Waals surface area contributed by atoms with Crippen LogP contribution in [0.15, 0.2) is 48.5 Å². The monoisotopic (exact) mass is 353 g/mol. The normalized spacial score (nSPS) is 18.5. The van der Waals surface area contributed by atoms with E-state index in [0.717, 1.165) is 42.0 Å². The molecule has 4 heteroatoms. The summed E-state index contributed by atoms with van der Waals surface area (Å²) < 4.78 is 5.43. The van der Waals surface area contributed by atoms with Crippen molar-refractivity contribution < 1.29 is 14.4 Å². The second kappa shape index (κ2) is 8.37. The van der Waals surface area contributed by atoms with Crippen LogP contribution in [-0.2, 0) is 17.8 Å². The second-order valence-electron chi connectivity index (χ2n) is 7.21. The Morgan fingerprint density at radius 2 is 1.96 bits per heavy atom. The van der Waals surface area contributed by atoms with Gasteiger partial charge >= 0.3 is 0 Å². The zero-order valence-corrected chi connectivity index (χ0v) is 15.9. The Kier molecular flexibility index (Phi) is 5.94. The minimum Gasteiger partial charge on any atom is -0.496 e. The van der Waals surface area contributed by atoms with E-state index >= 15 is 0 Å². The van der Waals surface area contributed by atoms with E-state index < -0.39 is 0 Å². The van der Waals surface area contributed by atoms with E-state index in [0.29, 0.717) is 0 Å². The van der Waals surface area contributed by atoms with E-state index in [-0.39, 0.29) is 18.0 Å². The number of aryl methyl sites for hydroxylation is 1. The van der Waals surface area contributed by atoms with E-state index in [1.165, 1.54) is 11.1 Å². The van der Waals surface area contributed by atoms with Gasteiger partial charge in [-0.2, -0.15) is 0 Å². The van der Waals surface area contributed by atoms with Crippen molar-refractivity contribution in [1.82, 2.24) is 5.32 Å². The molecule has 138 valence electrons. The Bertz CT molecular complexity index is 759. The summed E-state index contributed by atoms with van der Waals surface area (Å²) in [6.45, 7) is 2.74. The minimum absolute atomic E-state index is 0.110. The number of methoxy groups -OCH3 is 1. The van der Waals surface area contributed by atoms with E-state index in [2.05, 4.69) is 42.7 Å². The lowest BCUT2D eigenvalue weighted by atomic mass is 9.87. The summed E-state index contributed by atoms with van der Waals surface area (Å²) in [5, 5.41) is 3.28. The molecular formula is C22H29N2O2+. The number of fused-ring (bicyclic) bond motifs is 1. The van der Waals surface area contributed by atoms with Gasteiger partial charge < -0.3 is 15.0 Å². The van der Waals surface area contributed by atoms with Gasteiger partial charge in [-0.15, -0.1) is 0 Å². The third-order valence-electron chi connectivity index (χ3n) is 5.48. The van der Waals surface area contributed by atoms with Gasteiger partial charge in [-0.05, 0) is 49.4 Å². The van der Waals surface area contributed by atoms with Gasteiger partial charge in [0.15, 0.2) is 6.04 Å². The van der Waals surface area contributed by atoms with Crippen molar-refractivity contribution in [2.24, 2.45) is 0 Å². The summed E-state index contributed by atoms with van der Waals surface area (Å²) >= 11 is 0. The zero-order valence-electron chi connectivity index (χ0n) is 15.9. The molecule has 4 nitrogen and oxygen atoms in total. The number of benzene rings is 2. The van der Waals surface area contributed by atoms with Crippen LogP contribution in [0.2, 0.25) is 0 Å². The predicted octanol–water partition coefficient (Wildman–Crippen LogP) is 2.29. The van der Waals surface area contributed by atoms with Crippen LogP contribution in [0, 0.1) is 0 Å². The molecule has 0 saturated heterocycles. The van der Waals surface area contributed by atoms with E-state index in [1.54, 1.807) is 7.11 Å². The number of ether oxygens (including phenoxy) is 1. The summed E-state index contributed by atoms with van der Waals surface area (Å²) in [5.74, 6) is 0.986. The molecule has 2 N–H and O–H groups in total. The largest absolute Gasteiger partial charge is 0.496 e. The van der Waals surface area contributed by atoms with Crippen molar-refractivity contribution >= 4 is 5.91 Å². The van der Waals surface area contributed by atoms with Gasteiger partial charge in [-0.3, -0.25) is 4.79 Å². The molecule has 0 bridgehead atoms. The molecule has 0 aliphatic heterocycles. The Balaban J connectivity index is 1.65. The molecule has 2 aromatic rings. The van der Waals surface area contributed by atoms with E-state index in [4.69, 9.17) is 4.74 Å². The van der Waals surface area contributed by atoms with Crippen molar-refractivity contribution in [3.05, 3.63) is 65.2 Å². The first-order valence-electron chi connectivity index (χ1n) is 9.42. The average Bonchev–Trinajstić information content (AvgIpc) is 2.68. The van der Waals surface area contributed by atoms with Gasteiger partial charge in [0.25, 0.3) is 5.91 Å². The molecule has 0 saturated carbocycles. The van der Waals surface area contributed by atoms with Crippen LogP contribution >= 0.6 is 0 Å². The van der Waals surface area contributed by atoms with Crippen LogP contribution in [0.5, 0.6) is 5.75 Å². The third kappa shape index (κ3) is 4.07. The minimum atomic E-state index is -0.131. The lowest BCUT2D eigenvalue weighted by Gasteiger charge is -2.29. The number of carbonyl (C=O) groups is 1. The lowest BCUT2D eigenvalue weighted by molar-refractivity contribution is -0.908. The van der Waals surface area contributed by atoms with Crippen molar-refractivity contribution in [3.8, 4) is 5.75 Å². The zero-order chi connectivity index (χ0) is 18.5. The standard InChI is InChI=1S/C22H28N2O2/c1-16(24(2)15-18-10-5-7-14-21(18)26-3)22(25)23-20-13-8-11-17-9-4-6-12-19(17)20/h4-7,9-10,12,14,16,20H,8,11,13,15H2,1-3H3,(H,23,25)/p+1/t16-,20+/m1/s1. The number of quaternary nitrogens is 1. The Morgan fingerprint density at radius 3 is 2.77 bits per heavy atom. The first-order chi connectivity index (χ1) is 12.6. The maximum atomic E-state index is 12.8. The fourth-order valence-corrected chi connectivity index (χ4v) is 3.73. The van der Waals surface area contributed by atoms with Crippen molar-refractivity contribution in [3.63, 3.8) is 0 Å². The highest BCUT2D eigenvalue weighted by atomic mass is 16.5. The van der Waals surface area contributed by atoms with Gasteiger partial charge in [0.05, 0.1) is 20.2 Å². The van der Waals surface area contributed by atoms with Gasteiger partial charge in [-0.25, -0.2) is 0 Å². The number of nitrogens with one attached hydrogen (secondary N) is 2. The van der Waals surface area contributed by atoms with Gasteiger partial charge in [0.2, 0.25) is 0 Å². The van der Waals surface area contributed by atoms with Gasteiger partial charge in [0, 0.05) is 5.56 Å². The van der Waals surface area contributed by atoms with E-state index in [9.17, 15) is 4.79 Å². The molecule has 3 rings (SSSR count). The first kappa shape index (κ1) is 18.5. The van der Waals surface area contributed by atoms with Gasteiger partial charge in [-0.1, -0.05) is 36.4 Å². The summed E-state index contributed by atoms with van der Waals surface area (Å²) in [5.41, 5.74) is 3.77. The fourth-order valence-electron chi connectivity index (χ4n) is 3.73. The SMILES string of the molecule is COc1ccccc1C[NH+](C)[C@H](C)C(=O)N[C@H]1CCCc2ccccc21. The molecular weight excluding hydrogens is 324 g/mol. The molecule has 0 fully saturated rings. The summed E-state index contributed by atoms with van der Waals surface area (Å²) in [7, 11) is 3.75. The summed E-state index contributed by atoms with van der Waals surface area (Å²) in [4.78, 5) is 14.0. The number of amides is 1. The molecule has 1 aliphatic carbocycles. The number of hydrogen-bond acceptors (Lipinski definition) is 2. The maximum absolute atomic E-state index is 12.8. The molecule has 0 spiro atoms. The molecule has 26 heavy (non-hydrogen) atoms. The number of carbonyl (C=O) groups excluding carboxylic acids is 1. The quantitative estimate of drug-likeness (QED) is 0.837. The summed E-state index contributed by atoms with van der Waals surface area (Å²) in [6, 6.07) is 16.5. The van der Waals surface area contributed by atoms with Crippen LogP contribution in [0.25, 0.3) is 0 Å². The maximum Gasteiger partial charge on any atom is 0.278 e. The van der Waals surface area contributed by atoms with Crippen LogP contribution in [0.3, 0.4) is 0 Å². The highest BCUT2D eigenvalue weighted by Gasteiger charge is 2.27. The molecule has 3 atom stereocenters. The highest BCUT2D eigenvalue weighted by molar-refractivity contribution is 5.80. The Hall–Kier alpha value is -2.33. The van der Waals surface area contributed by atoms with Gasteiger partial charge in [0.1, 0.15) is 12.3 Å². The smallest absolute Gasteiger partial charge is 0.278 e. The molecule has 0 radical (unpaired) electrons. The van der Waals surface area contributed by atoms with Crippen LogP contribution in [-0.4, -0.2) is 26.1 Å². The van der Waals surface area contributed by atoms with Crippen molar-refractivity contribution in [2.75, 3.05) is 14.2 Å². The molecule has 0 heterocycles. The molecule has 1 unspecified atom stereocenters. The second-order valence-corrected chi connectivity index (χ2v) is 7.21. The Morgan fingerprint density at radius 1 is 1.23 bits per heavy atom. The van der Waals surface area contributed by atoms with E-state index in [1.807, 2.05) is 25.1 Å². The fraction of sp³-hybridized carbons (Fsp3) is 0.409.